The van der Waals surface area contributed by atoms with Gasteiger partial charge in [0, 0.05) is 6.54 Å². The van der Waals surface area contributed by atoms with Gasteiger partial charge in [0.15, 0.2) is 11.0 Å². The minimum atomic E-state index is -0.476. The molecule has 1 amide bonds. The summed E-state index contributed by atoms with van der Waals surface area (Å²) in [4.78, 5) is 12.2. The van der Waals surface area contributed by atoms with Crippen molar-refractivity contribution in [1.82, 2.24) is 14.8 Å². The first kappa shape index (κ1) is 20.6. The number of allylic oxidation sites excluding steroid dienone is 1. The highest BCUT2D eigenvalue weighted by molar-refractivity contribution is 7.99. The highest BCUT2D eigenvalue weighted by atomic mass is 32.2. The molecule has 0 aliphatic rings. The molecule has 0 radical (unpaired) electrons. The Morgan fingerprint density at radius 1 is 1.24 bits per heavy atom. The van der Waals surface area contributed by atoms with E-state index in [0.29, 0.717) is 17.5 Å². The third kappa shape index (κ3) is 5.45. The molecule has 1 heterocycles. The van der Waals surface area contributed by atoms with Gasteiger partial charge in [-0.2, -0.15) is 0 Å². The Labute approximate surface area is 172 Å². The number of carbonyl (C=O) groups excluding carboxylic acids is 1. The van der Waals surface area contributed by atoms with Gasteiger partial charge in [-0.25, -0.2) is 4.39 Å². The quantitative estimate of drug-likeness (QED) is 0.421. The molecule has 0 aliphatic heterocycles. The number of anilines is 1. The van der Waals surface area contributed by atoms with Crippen molar-refractivity contribution in [1.29, 1.82) is 0 Å². The Kier molecular flexibility index (Phi) is 7.02. The number of amides is 1. The van der Waals surface area contributed by atoms with E-state index in [1.54, 1.807) is 18.2 Å². The van der Waals surface area contributed by atoms with Gasteiger partial charge < -0.3 is 10.1 Å². The lowest BCUT2D eigenvalue weighted by Gasteiger charge is -2.10. The summed E-state index contributed by atoms with van der Waals surface area (Å²) >= 11 is 1.22. The predicted octanol–water partition coefficient (Wildman–Crippen LogP) is 4.22. The van der Waals surface area contributed by atoms with Crippen LogP contribution in [0.15, 0.2) is 66.3 Å². The Bertz CT molecular complexity index is 1010. The van der Waals surface area contributed by atoms with Gasteiger partial charge in [-0.15, -0.1) is 16.8 Å². The minimum Gasteiger partial charge on any atom is -0.485 e. The maximum Gasteiger partial charge on any atom is 0.234 e. The number of para-hydroxylation sites is 2. The Morgan fingerprint density at radius 3 is 2.76 bits per heavy atom. The van der Waals surface area contributed by atoms with E-state index in [9.17, 15) is 9.18 Å². The van der Waals surface area contributed by atoms with Crippen molar-refractivity contribution in [2.45, 2.75) is 25.2 Å². The van der Waals surface area contributed by atoms with Crippen molar-refractivity contribution in [2.75, 3.05) is 11.1 Å². The van der Waals surface area contributed by atoms with Crippen molar-refractivity contribution in [2.24, 2.45) is 0 Å². The molecule has 0 atom stereocenters. The van der Waals surface area contributed by atoms with Gasteiger partial charge in [-0.05, 0) is 30.7 Å². The number of rotatable bonds is 9. The van der Waals surface area contributed by atoms with E-state index in [1.807, 2.05) is 35.8 Å². The lowest BCUT2D eigenvalue weighted by atomic mass is 10.2. The van der Waals surface area contributed by atoms with E-state index >= 15 is 0 Å². The number of aromatic nitrogens is 3. The van der Waals surface area contributed by atoms with Crippen LogP contribution in [0.25, 0.3) is 0 Å². The molecular weight excluding hydrogens is 391 g/mol. The average molecular weight is 412 g/mol. The normalized spacial score (nSPS) is 10.6. The molecule has 29 heavy (non-hydrogen) atoms. The van der Waals surface area contributed by atoms with Gasteiger partial charge >= 0.3 is 0 Å². The summed E-state index contributed by atoms with van der Waals surface area (Å²) in [6.07, 6.45) is 1.73. The molecule has 1 N–H and O–H groups in total. The molecule has 2 aromatic carbocycles. The van der Waals surface area contributed by atoms with Crippen LogP contribution in [0.2, 0.25) is 0 Å². The molecular formula is C21H21FN4O2S. The predicted molar refractivity (Wildman–Crippen MR) is 111 cm³/mol. The van der Waals surface area contributed by atoms with E-state index in [2.05, 4.69) is 22.1 Å². The van der Waals surface area contributed by atoms with Crippen LogP contribution in [-0.4, -0.2) is 26.4 Å². The third-order valence-corrected chi connectivity index (χ3v) is 5.00. The summed E-state index contributed by atoms with van der Waals surface area (Å²) < 4.78 is 21.4. The standard InChI is InChI=1S/C21H21FN4O2S/c1-3-12-26-19(13-28-18-11-7-4-8-15(18)2)24-25-21(26)29-14-20(27)23-17-10-6-5-9-16(17)22/h3-11H,1,12-14H2,2H3,(H,23,27). The SMILES string of the molecule is C=CCn1c(COc2ccccc2C)nnc1SCC(=O)Nc1ccccc1F. The molecule has 0 saturated heterocycles. The molecule has 150 valence electrons. The van der Waals surface area contributed by atoms with E-state index in [-0.39, 0.29) is 24.0 Å². The molecule has 6 nitrogen and oxygen atoms in total. The van der Waals surface area contributed by atoms with Gasteiger partial charge in [-0.1, -0.05) is 48.2 Å². The third-order valence-electron chi connectivity index (χ3n) is 4.04. The number of ether oxygens (including phenoxy) is 1. The topological polar surface area (TPSA) is 69.0 Å². The second kappa shape index (κ2) is 9.88. The van der Waals surface area contributed by atoms with Crippen LogP contribution in [-0.2, 0) is 17.9 Å². The number of nitrogens with one attached hydrogen (secondary N) is 1. The number of hydrogen-bond donors (Lipinski definition) is 1. The number of halogens is 1. The van der Waals surface area contributed by atoms with E-state index < -0.39 is 5.82 Å². The van der Waals surface area contributed by atoms with Crippen molar-refractivity contribution >= 4 is 23.4 Å². The number of thioether (sulfide) groups is 1. The highest BCUT2D eigenvalue weighted by Gasteiger charge is 2.15. The van der Waals surface area contributed by atoms with Gasteiger partial charge in [0.2, 0.25) is 5.91 Å². The Morgan fingerprint density at radius 2 is 2.00 bits per heavy atom. The molecule has 0 aliphatic carbocycles. The number of benzene rings is 2. The summed E-state index contributed by atoms with van der Waals surface area (Å²) in [5.74, 6) is 0.675. The molecule has 0 unspecified atom stereocenters. The van der Waals surface area contributed by atoms with E-state index in [4.69, 9.17) is 4.74 Å². The van der Waals surface area contributed by atoms with Gasteiger partial charge in [0.05, 0.1) is 11.4 Å². The zero-order chi connectivity index (χ0) is 20.6. The van der Waals surface area contributed by atoms with Gasteiger partial charge in [0.1, 0.15) is 18.2 Å². The number of hydrogen-bond acceptors (Lipinski definition) is 5. The smallest absolute Gasteiger partial charge is 0.234 e. The van der Waals surface area contributed by atoms with Crippen LogP contribution in [0.1, 0.15) is 11.4 Å². The molecule has 0 bridgehead atoms. The molecule has 0 spiro atoms. The van der Waals surface area contributed by atoms with Crippen LogP contribution in [0.4, 0.5) is 10.1 Å². The minimum absolute atomic E-state index is 0.0717. The summed E-state index contributed by atoms with van der Waals surface area (Å²) in [5, 5.41) is 11.5. The monoisotopic (exact) mass is 412 g/mol. The summed E-state index contributed by atoms with van der Waals surface area (Å²) in [6, 6.07) is 13.8. The second-order valence-electron chi connectivity index (χ2n) is 6.17. The zero-order valence-electron chi connectivity index (χ0n) is 16.0. The first-order valence-electron chi connectivity index (χ1n) is 8.97. The maximum absolute atomic E-state index is 13.7. The van der Waals surface area contributed by atoms with Crippen molar-refractivity contribution in [3.63, 3.8) is 0 Å². The average Bonchev–Trinajstić information content (AvgIpc) is 3.09. The number of carbonyl (C=O) groups is 1. The first-order valence-corrected chi connectivity index (χ1v) is 9.95. The summed E-state index contributed by atoms with van der Waals surface area (Å²) in [5.41, 5.74) is 1.18. The first-order chi connectivity index (χ1) is 14.1. The zero-order valence-corrected chi connectivity index (χ0v) is 16.8. The fraction of sp³-hybridized carbons (Fsp3) is 0.190. The largest absolute Gasteiger partial charge is 0.485 e. The van der Waals surface area contributed by atoms with Crippen molar-refractivity contribution in [3.05, 3.63) is 78.4 Å². The fourth-order valence-electron chi connectivity index (χ4n) is 2.58. The fourth-order valence-corrected chi connectivity index (χ4v) is 3.35. The number of nitrogens with zero attached hydrogens (tertiary/aromatic N) is 3. The lowest BCUT2D eigenvalue weighted by molar-refractivity contribution is -0.113. The van der Waals surface area contributed by atoms with Crippen LogP contribution in [0.3, 0.4) is 0 Å². The van der Waals surface area contributed by atoms with Gasteiger partial charge in [-0.3, -0.25) is 9.36 Å². The van der Waals surface area contributed by atoms with Crippen LogP contribution >= 0.6 is 11.8 Å². The van der Waals surface area contributed by atoms with Crippen LogP contribution < -0.4 is 10.1 Å². The maximum atomic E-state index is 13.7. The van der Waals surface area contributed by atoms with Crippen LogP contribution in [0.5, 0.6) is 5.75 Å². The molecule has 3 rings (SSSR count). The van der Waals surface area contributed by atoms with Crippen LogP contribution in [0, 0.1) is 12.7 Å². The van der Waals surface area contributed by atoms with Crippen molar-refractivity contribution < 1.29 is 13.9 Å². The van der Waals surface area contributed by atoms with Crippen molar-refractivity contribution in [3.8, 4) is 5.75 Å². The number of aryl methyl sites for hydroxylation is 1. The second-order valence-corrected chi connectivity index (χ2v) is 7.11. The Hall–Kier alpha value is -3.13. The molecule has 8 heteroatoms. The molecule has 0 saturated carbocycles. The van der Waals surface area contributed by atoms with E-state index in [0.717, 1.165) is 11.3 Å². The molecule has 3 aromatic rings. The van der Waals surface area contributed by atoms with E-state index in [1.165, 1.54) is 23.9 Å². The molecule has 1 aromatic heterocycles. The Balaban J connectivity index is 1.63. The summed E-state index contributed by atoms with van der Waals surface area (Å²) in [6.45, 7) is 6.46. The molecule has 0 fully saturated rings. The summed E-state index contributed by atoms with van der Waals surface area (Å²) in [7, 11) is 0. The lowest BCUT2D eigenvalue weighted by Crippen LogP contribution is -2.15. The highest BCUT2D eigenvalue weighted by Crippen LogP contribution is 2.21. The van der Waals surface area contributed by atoms with Gasteiger partial charge in [0.25, 0.3) is 0 Å².